The van der Waals surface area contributed by atoms with Gasteiger partial charge in [-0.1, -0.05) is 30.9 Å². The van der Waals surface area contributed by atoms with E-state index >= 15 is 0 Å². The second-order valence-electron chi connectivity index (χ2n) is 4.19. The van der Waals surface area contributed by atoms with Gasteiger partial charge in [-0.3, -0.25) is 0 Å². The number of thioether (sulfide) groups is 1. The Balaban J connectivity index is 2.22. The Hall–Kier alpha value is -1.96. The highest BCUT2D eigenvalue weighted by Crippen LogP contribution is 2.27. The molecule has 0 spiro atoms. The summed E-state index contributed by atoms with van der Waals surface area (Å²) in [6.07, 6.45) is 7.85. The molecule has 0 unspecified atom stereocenters. The van der Waals surface area contributed by atoms with Crippen molar-refractivity contribution in [1.82, 2.24) is 0 Å². The van der Waals surface area contributed by atoms with Crippen LogP contribution in [0.1, 0.15) is 5.56 Å². The molecule has 0 saturated heterocycles. The molecule has 0 N–H and O–H groups in total. The molecule has 0 radical (unpaired) electrons. The molecule has 1 heterocycles. The van der Waals surface area contributed by atoms with Gasteiger partial charge in [-0.25, -0.2) is 4.99 Å². The van der Waals surface area contributed by atoms with E-state index in [1.165, 1.54) is 0 Å². The van der Waals surface area contributed by atoms with Crippen LogP contribution in [0.3, 0.4) is 0 Å². The lowest BCUT2D eigenvalue weighted by Gasteiger charge is -2.08. The Kier molecular flexibility index (Phi) is 5.48. The summed E-state index contributed by atoms with van der Waals surface area (Å²) in [4.78, 5) is 5.33. The minimum absolute atomic E-state index is 0.766. The lowest BCUT2D eigenvalue weighted by Crippen LogP contribution is -1.90. The summed E-state index contributed by atoms with van der Waals surface area (Å²) in [6.45, 7) is 4.89. The number of hydrogen-bond donors (Lipinski definition) is 0. The quantitative estimate of drug-likeness (QED) is 0.814. The summed E-state index contributed by atoms with van der Waals surface area (Å²) in [5, 5.41) is 0. The van der Waals surface area contributed by atoms with Gasteiger partial charge in [0.1, 0.15) is 5.75 Å². The Labute approximate surface area is 124 Å². The van der Waals surface area contributed by atoms with Crippen molar-refractivity contribution in [2.45, 2.75) is 0 Å². The predicted octanol–water partition coefficient (Wildman–Crippen LogP) is 4.12. The van der Waals surface area contributed by atoms with Crippen LogP contribution < -0.4 is 4.74 Å². The molecule has 3 heteroatoms. The average molecular weight is 283 g/mol. The second kappa shape index (κ2) is 7.59. The number of methoxy groups -OCH3 is 1. The number of benzene rings is 1. The van der Waals surface area contributed by atoms with Gasteiger partial charge >= 0.3 is 0 Å². The van der Waals surface area contributed by atoms with E-state index in [-0.39, 0.29) is 0 Å². The molecule has 0 aliphatic carbocycles. The number of aliphatic imine (C=N–C) groups is 1. The smallest absolute Gasteiger partial charge is 0.118 e. The Bertz CT molecular complexity index is 590. The van der Waals surface area contributed by atoms with E-state index < -0.39 is 0 Å². The summed E-state index contributed by atoms with van der Waals surface area (Å²) < 4.78 is 5.17. The number of rotatable bonds is 2. The molecule has 0 amide bonds. The molecule has 1 aliphatic heterocycles. The number of allylic oxidation sites excluding steroid dienone is 4. The summed E-state index contributed by atoms with van der Waals surface area (Å²) in [7, 11) is 1.67. The number of ether oxygens (including phenoxy) is 1. The Morgan fingerprint density at radius 2 is 2.15 bits per heavy atom. The van der Waals surface area contributed by atoms with Crippen molar-refractivity contribution < 1.29 is 4.74 Å². The van der Waals surface area contributed by atoms with Crippen LogP contribution in [-0.2, 0) is 0 Å². The van der Waals surface area contributed by atoms with Crippen LogP contribution in [0.5, 0.6) is 5.75 Å². The van der Waals surface area contributed by atoms with Crippen molar-refractivity contribution in [1.29, 1.82) is 0 Å². The fourth-order valence-corrected chi connectivity index (χ4v) is 2.56. The van der Waals surface area contributed by atoms with E-state index in [1.54, 1.807) is 18.9 Å². The third-order valence-corrected chi connectivity index (χ3v) is 3.83. The van der Waals surface area contributed by atoms with Crippen LogP contribution in [0.15, 0.2) is 64.5 Å². The van der Waals surface area contributed by atoms with E-state index in [2.05, 4.69) is 23.5 Å². The van der Waals surface area contributed by atoms with E-state index in [4.69, 9.17) is 4.74 Å². The van der Waals surface area contributed by atoms with Gasteiger partial charge in [-0.2, -0.15) is 0 Å². The molecule has 0 aromatic heterocycles. The van der Waals surface area contributed by atoms with Gasteiger partial charge in [0.25, 0.3) is 0 Å². The van der Waals surface area contributed by atoms with Crippen LogP contribution in [0.2, 0.25) is 0 Å². The van der Waals surface area contributed by atoms with Crippen molar-refractivity contribution in [3.05, 3.63) is 65.1 Å². The summed E-state index contributed by atoms with van der Waals surface area (Å²) in [5.74, 6) is 4.67. The highest BCUT2D eigenvalue weighted by Gasteiger charge is 2.02. The third-order valence-electron chi connectivity index (χ3n) is 2.75. The summed E-state index contributed by atoms with van der Waals surface area (Å²) in [5.41, 5.74) is 2.14. The highest BCUT2D eigenvalue weighted by molar-refractivity contribution is 8.03. The first-order chi connectivity index (χ1) is 9.79. The number of hydrogen-bond acceptors (Lipinski definition) is 3. The summed E-state index contributed by atoms with van der Waals surface area (Å²) >= 11 is 1.76. The first-order valence-electron chi connectivity index (χ1n) is 6.39. The second-order valence-corrected chi connectivity index (χ2v) is 5.33. The molecule has 20 heavy (non-hydrogen) atoms. The summed E-state index contributed by atoms with van der Waals surface area (Å²) in [6, 6.07) is 8.01. The largest absolute Gasteiger partial charge is 0.497 e. The monoisotopic (exact) mass is 283 g/mol. The van der Waals surface area contributed by atoms with Crippen LogP contribution in [0, 0.1) is 0 Å². The van der Waals surface area contributed by atoms with Crippen molar-refractivity contribution in [2.24, 2.45) is 4.99 Å². The normalized spacial score (nSPS) is 19.1. The topological polar surface area (TPSA) is 21.6 Å². The highest BCUT2D eigenvalue weighted by atomic mass is 32.2. The molecule has 0 atom stereocenters. The molecule has 2 nitrogen and oxygen atoms in total. The molecule has 0 fully saturated rings. The van der Waals surface area contributed by atoms with Crippen molar-refractivity contribution in [3.8, 4) is 5.75 Å². The van der Waals surface area contributed by atoms with Gasteiger partial charge in [0.15, 0.2) is 0 Å². The van der Waals surface area contributed by atoms with Gasteiger partial charge in [-0.15, -0.1) is 11.8 Å². The average Bonchev–Trinajstić information content (AvgIpc) is 2.49. The van der Waals surface area contributed by atoms with E-state index in [0.29, 0.717) is 0 Å². The molecule has 2 rings (SSSR count). The zero-order valence-corrected chi connectivity index (χ0v) is 12.3. The first-order valence-corrected chi connectivity index (χ1v) is 7.38. The van der Waals surface area contributed by atoms with Gasteiger partial charge in [0.05, 0.1) is 13.7 Å². The van der Waals surface area contributed by atoms with Crippen LogP contribution in [0.25, 0.3) is 6.08 Å². The number of nitrogens with zero attached hydrogens (tertiary/aromatic N) is 1. The van der Waals surface area contributed by atoms with Gasteiger partial charge in [0.2, 0.25) is 0 Å². The van der Waals surface area contributed by atoms with Crippen molar-refractivity contribution in [3.63, 3.8) is 0 Å². The first kappa shape index (κ1) is 14.4. The zero-order chi connectivity index (χ0) is 14.2. The Morgan fingerprint density at radius 1 is 1.35 bits per heavy atom. The lowest BCUT2D eigenvalue weighted by atomic mass is 10.1. The fraction of sp³-hybridized carbons (Fsp3) is 0.176. The predicted molar refractivity (Wildman–Crippen MR) is 88.6 cm³/mol. The van der Waals surface area contributed by atoms with E-state index in [1.807, 2.05) is 42.5 Å². The molecular formula is C17H17NOS. The SMILES string of the molecule is C=C1/C=C\C=C=NCCS/C1=C\c1ccc(OC)cc1. The maximum atomic E-state index is 5.17. The van der Waals surface area contributed by atoms with E-state index in [9.17, 15) is 0 Å². The maximum Gasteiger partial charge on any atom is 0.118 e. The molecule has 1 aromatic carbocycles. The molecule has 0 saturated carbocycles. The van der Waals surface area contributed by atoms with Gasteiger partial charge in [0, 0.05) is 10.7 Å². The minimum atomic E-state index is 0.766. The fourth-order valence-electron chi connectivity index (χ4n) is 1.69. The molecule has 1 aromatic rings. The Morgan fingerprint density at radius 3 is 2.90 bits per heavy atom. The van der Waals surface area contributed by atoms with Gasteiger partial charge in [-0.05, 0) is 41.3 Å². The van der Waals surface area contributed by atoms with Crippen LogP contribution in [0.4, 0.5) is 0 Å². The standard InChI is InChI=1S/C17H17NOS/c1-14-5-3-4-10-18-11-12-20-17(14)13-15-6-8-16(19-2)9-7-15/h3-9,13H,1,11-12H2,2H3/b5-3-,17-13-. The molecule has 102 valence electrons. The van der Waals surface area contributed by atoms with Crippen molar-refractivity contribution in [2.75, 3.05) is 19.4 Å². The zero-order valence-electron chi connectivity index (χ0n) is 11.5. The molecule has 1 aliphatic rings. The van der Waals surface area contributed by atoms with Gasteiger partial charge < -0.3 is 4.74 Å². The molecule has 0 bridgehead atoms. The third kappa shape index (κ3) is 4.30. The molecular weight excluding hydrogens is 266 g/mol. The van der Waals surface area contributed by atoms with E-state index in [0.717, 1.165) is 34.1 Å². The maximum absolute atomic E-state index is 5.17. The van der Waals surface area contributed by atoms with Crippen LogP contribution in [-0.4, -0.2) is 25.3 Å². The lowest BCUT2D eigenvalue weighted by molar-refractivity contribution is 0.415. The van der Waals surface area contributed by atoms with Crippen LogP contribution >= 0.6 is 11.8 Å². The van der Waals surface area contributed by atoms with Crippen molar-refractivity contribution >= 4 is 23.7 Å². The minimum Gasteiger partial charge on any atom is -0.497 e.